The first-order valence-corrected chi connectivity index (χ1v) is 13.8. The number of hydrogen-bond acceptors (Lipinski definition) is 9. The summed E-state index contributed by atoms with van der Waals surface area (Å²) in [5, 5.41) is 9.93. The number of aromatic nitrogens is 2. The van der Waals surface area contributed by atoms with E-state index in [1.165, 1.54) is 31.9 Å². The monoisotopic (exact) mass is 544 g/mol. The zero-order valence-electron chi connectivity index (χ0n) is 20.8. The number of halogens is 1. The number of nitrogens with one attached hydrogen (secondary N) is 3. The number of nitrogens with zero attached hydrogens (tertiary/aromatic N) is 3. The Labute approximate surface area is 221 Å². The van der Waals surface area contributed by atoms with Crippen LogP contribution in [0.25, 0.3) is 0 Å². The summed E-state index contributed by atoms with van der Waals surface area (Å²) >= 11 is 6.38. The Bertz CT molecular complexity index is 1430. The van der Waals surface area contributed by atoms with Gasteiger partial charge in [-0.05, 0) is 62.5 Å². The Morgan fingerprint density at radius 1 is 1.08 bits per heavy atom. The number of aryl methyl sites for hydroxylation is 1. The number of fused-ring (bicyclic) bond motifs is 1. The van der Waals surface area contributed by atoms with Crippen LogP contribution in [0.3, 0.4) is 0 Å². The molecule has 5 rings (SSSR count). The summed E-state index contributed by atoms with van der Waals surface area (Å²) in [4.78, 5) is 8.95. The maximum Gasteiger partial charge on any atom is 0.244 e. The number of hydrogen-bond donors (Lipinski definition) is 3. The smallest absolute Gasteiger partial charge is 0.244 e. The molecule has 1 saturated heterocycles. The molecule has 10 nitrogen and oxygen atoms in total. The van der Waals surface area contributed by atoms with Gasteiger partial charge in [-0.3, -0.25) is 0 Å². The first kappa shape index (κ1) is 25.5. The molecule has 0 amide bonds. The largest absolute Gasteiger partial charge is 0.453 e. The highest BCUT2D eigenvalue weighted by Crippen LogP contribution is 2.48. The van der Waals surface area contributed by atoms with Crippen molar-refractivity contribution in [2.24, 2.45) is 0 Å². The predicted octanol–water partition coefficient (Wildman–Crippen LogP) is 4.37. The van der Waals surface area contributed by atoms with Gasteiger partial charge in [0.2, 0.25) is 22.8 Å². The average molecular weight is 545 g/mol. The first-order chi connectivity index (χ1) is 17.8. The van der Waals surface area contributed by atoms with Crippen molar-refractivity contribution in [1.29, 1.82) is 0 Å². The van der Waals surface area contributed by atoms with Gasteiger partial charge >= 0.3 is 0 Å². The maximum absolute atomic E-state index is 12.8. The van der Waals surface area contributed by atoms with Crippen LogP contribution in [0.4, 0.5) is 23.1 Å². The average Bonchev–Trinajstić information content (AvgIpc) is 3.37. The van der Waals surface area contributed by atoms with Crippen molar-refractivity contribution in [1.82, 2.24) is 19.6 Å². The molecule has 196 valence electrons. The Morgan fingerprint density at radius 2 is 1.81 bits per heavy atom. The molecule has 0 atom stereocenters. The summed E-state index contributed by atoms with van der Waals surface area (Å²) < 4.78 is 38.5. The maximum atomic E-state index is 12.8. The van der Waals surface area contributed by atoms with Crippen LogP contribution in [0, 0.1) is 6.92 Å². The molecule has 2 aliphatic heterocycles. The van der Waals surface area contributed by atoms with Crippen LogP contribution in [0.15, 0.2) is 41.4 Å². The van der Waals surface area contributed by atoms with Gasteiger partial charge in [-0.15, -0.1) is 0 Å². The Kier molecular flexibility index (Phi) is 7.13. The number of benzene rings is 2. The van der Waals surface area contributed by atoms with Crippen LogP contribution in [0.2, 0.25) is 5.02 Å². The molecule has 3 heterocycles. The first-order valence-electron chi connectivity index (χ1n) is 12.0. The van der Waals surface area contributed by atoms with Crippen molar-refractivity contribution in [3.05, 3.63) is 52.7 Å². The Hall–Kier alpha value is -3.12. The zero-order valence-corrected chi connectivity index (χ0v) is 22.4. The lowest BCUT2D eigenvalue weighted by atomic mass is 9.86. The molecular formula is C25H29ClN6O4S. The van der Waals surface area contributed by atoms with Gasteiger partial charge in [0.05, 0.1) is 17.6 Å². The predicted molar refractivity (Wildman–Crippen MR) is 143 cm³/mol. The SMILES string of the molecule is Cc1cc(Nc2ncc(Cl)c(Nc3ccccc3S(=O)(=O)N(C)C)n2)c2c(c1C1CCNCC1)OCO2. The van der Waals surface area contributed by atoms with Crippen LogP contribution in [0.5, 0.6) is 11.5 Å². The molecular weight excluding hydrogens is 516 g/mol. The quantitative estimate of drug-likeness (QED) is 0.398. The minimum Gasteiger partial charge on any atom is -0.453 e. The van der Waals surface area contributed by atoms with Gasteiger partial charge in [0.25, 0.3) is 0 Å². The zero-order chi connectivity index (χ0) is 26.2. The van der Waals surface area contributed by atoms with Gasteiger partial charge in [-0.2, -0.15) is 4.98 Å². The molecule has 3 N–H and O–H groups in total. The van der Waals surface area contributed by atoms with Crippen LogP contribution < -0.4 is 25.4 Å². The summed E-state index contributed by atoms with van der Waals surface area (Å²) in [7, 11) is -0.729. The number of ether oxygens (including phenoxy) is 2. The summed E-state index contributed by atoms with van der Waals surface area (Å²) in [6.07, 6.45) is 3.55. The second-order valence-electron chi connectivity index (χ2n) is 9.17. The van der Waals surface area contributed by atoms with Crippen LogP contribution in [0.1, 0.15) is 29.9 Å². The third-order valence-electron chi connectivity index (χ3n) is 6.52. The molecule has 12 heteroatoms. The normalized spacial score (nSPS) is 15.7. The van der Waals surface area contributed by atoms with Gasteiger partial charge in [0.15, 0.2) is 17.3 Å². The van der Waals surface area contributed by atoms with E-state index < -0.39 is 10.0 Å². The molecule has 0 radical (unpaired) electrons. The molecule has 37 heavy (non-hydrogen) atoms. The van der Waals surface area contributed by atoms with Crippen LogP contribution >= 0.6 is 11.6 Å². The summed E-state index contributed by atoms with van der Waals surface area (Å²) in [5.41, 5.74) is 3.33. The molecule has 0 aliphatic carbocycles. The minimum absolute atomic E-state index is 0.108. The van der Waals surface area contributed by atoms with E-state index >= 15 is 0 Å². The van der Waals surface area contributed by atoms with E-state index in [4.69, 9.17) is 21.1 Å². The van der Waals surface area contributed by atoms with E-state index in [-0.39, 0.29) is 28.5 Å². The summed E-state index contributed by atoms with van der Waals surface area (Å²) in [6.45, 7) is 4.18. The molecule has 1 aromatic heterocycles. The van der Waals surface area contributed by atoms with E-state index in [1.807, 2.05) is 6.07 Å². The van der Waals surface area contributed by atoms with Gasteiger partial charge in [0, 0.05) is 19.7 Å². The Morgan fingerprint density at radius 3 is 2.57 bits per heavy atom. The molecule has 3 aromatic rings. The van der Waals surface area contributed by atoms with Crippen LogP contribution in [-0.2, 0) is 10.0 Å². The lowest BCUT2D eigenvalue weighted by molar-refractivity contribution is 0.173. The standard InChI is InChI=1S/C25H29ClN6O4S/c1-15-12-19(22-23(36-14-35-22)21(15)16-8-10-27-11-9-16)30-25-28-13-17(26)24(31-25)29-18-6-4-5-7-20(18)37(33,34)32(2)3/h4-7,12-13,16,27H,8-11,14H2,1-3H3,(H2,28,29,30,31). The fourth-order valence-corrected chi connectivity index (χ4v) is 5.86. The number of rotatable bonds is 7. The highest BCUT2D eigenvalue weighted by molar-refractivity contribution is 7.89. The summed E-state index contributed by atoms with van der Waals surface area (Å²) in [6, 6.07) is 8.60. The number of sulfonamides is 1. The van der Waals surface area contributed by atoms with Gasteiger partial charge < -0.3 is 25.4 Å². The van der Waals surface area contributed by atoms with Crippen LogP contribution in [-0.4, -0.2) is 56.7 Å². The highest BCUT2D eigenvalue weighted by atomic mass is 35.5. The molecule has 2 aliphatic rings. The molecule has 0 unspecified atom stereocenters. The fourth-order valence-electron chi connectivity index (χ4n) is 4.68. The molecule has 2 aromatic carbocycles. The van der Waals surface area contributed by atoms with E-state index in [0.717, 1.165) is 41.5 Å². The molecule has 0 bridgehead atoms. The Balaban J connectivity index is 1.46. The van der Waals surface area contributed by atoms with Crippen molar-refractivity contribution in [2.75, 3.05) is 44.6 Å². The van der Waals surface area contributed by atoms with E-state index in [9.17, 15) is 8.42 Å². The van der Waals surface area contributed by atoms with Crippen molar-refractivity contribution in [3.63, 3.8) is 0 Å². The fraction of sp³-hybridized carbons (Fsp3) is 0.360. The van der Waals surface area contributed by atoms with Crippen molar-refractivity contribution < 1.29 is 17.9 Å². The van der Waals surface area contributed by atoms with Crippen molar-refractivity contribution in [3.8, 4) is 11.5 Å². The lowest BCUT2D eigenvalue weighted by Gasteiger charge is -2.26. The summed E-state index contributed by atoms with van der Waals surface area (Å²) in [5.74, 6) is 2.34. The topological polar surface area (TPSA) is 118 Å². The second-order valence-corrected chi connectivity index (χ2v) is 11.7. The number of para-hydroxylation sites is 1. The minimum atomic E-state index is -3.69. The van der Waals surface area contributed by atoms with Crippen molar-refractivity contribution in [2.45, 2.75) is 30.6 Å². The van der Waals surface area contributed by atoms with Gasteiger partial charge in [-0.1, -0.05) is 23.7 Å². The van der Waals surface area contributed by atoms with E-state index in [0.29, 0.717) is 23.0 Å². The lowest BCUT2D eigenvalue weighted by Crippen LogP contribution is -2.27. The number of anilines is 4. The van der Waals surface area contributed by atoms with Gasteiger partial charge in [0.1, 0.15) is 9.92 Å². The molecule has 0 saturated carbocycles. The van der Waals surface area contributed by atoms with E-state index in [2.05, 4.69) is 32.8 Å². The third-order valence-corrected chi connectivity index (χ3v) is 8.67. The van der Waals surface area contributed by atoms with Gasteiger partial charge in [-0.25, -0.2) is 17.7 Å². The van der Waals surface area contributed by atoms with E-state index in [1.54, 1.807) is 18.2 Å². The molecule has 1 fully saturated rings. The third kappa shape index (κ3) is 5.04. The molecule has 0 spiro atoms. The highest BCUT2D eigenvalue weighted by Gasteiger charge is 2.30. The second kappa shape index (κ2) is 10.3. The van der Waals surface area contributed by atoms with Crippen molar-refractivity contribution >= 4 is 44.8 Å². The number of piperidine rings is 1.